The summed E-state index contributed by atoms with van der Waals surface area (Å²) in [6.07, 6.45) is 4.95. The molecule has 31 heavy (non-hydrogen) atoms. The van der Waals surface area contributed by atoms with Crippen LogP contribution in [0.3, 0.4) is 0 Å². The lowest BCUT2D eigenvalue weighted by Gasteiger charge is -2.31. The van der Waals surface area contributed by atoms with Gasteiger partial charge in [-0.1, -0.05) is 58.2 Å². The van der Waals surface area contributed by atoms with E-state index in [0.717, 1.165) is 62.8 Å². The Morgan fingerprint density at radius 1 is 1.23 bits per heavy atom. The van der Waals surface area contributed by atoms with Crippen LogP contribution < -0.4 is 10.6 Å². The first-order valence-electron chi connectivity index (χ1n) is 11.6. The molecular weight excluding hydrogens is 382 g/mol. The van der Waals surface area contributed by atoms with Crippen molar-refractivity contribution in [1.82, 2.24) is 15.5 Å². The second-order valence-corrected chi connectivity index (χ2v) is 8.56. The van der Waals surface area contributed by atoms with Crippen LogP contribution in [0.2, 0.25) is 0 Å². The van der Waals surface area contributed by atoms with Crippen LogP contribution in [0.1, 0.15) is 51.7 Å². The Morgan fingerprint density at radius 3 is 2.61 bits per heavy atom. The van der Waals surface area contributed by atoms with Crippen molar-refractivity contribution in [3.8, 4) is 0 Å². The fourth-order valence-electron chi connectivity index (χ4n) is 3.83. The minimum Gasteiger partial charge on any atom is -0.387 e. The summed E-state index contributed by atoms with van der Waals surface area (Å²) in [5, 5.41) is 6.71. The number of nitrogens with one attached hydrogen (secondary N) is 2. The normalized spacial score (nSPS) is 16.0. The average molecular weight is 424 g/mol. The van der Waals surface area contributed by atoms with E-state index in [-0.39, 0.29) is 0 Å². The average Bonchev–Trinajstić information content (AvgIpc) is 2.78. The van der Waals surface area contributed by atoms with Gasteiger partial charge in [0.05, 0.1) is 18.4 Å². The third-order valence-electron chi connectivity index (χ3n) is 5.75. The number of benzene rings is 1. The van der Waals surface area contributed by atoms with Gasteiger partial charge in [-0.3, -0.25) is 14.9 Å². The van der Waals surface area contributed by atoms with Gasteiger partial charge < -0.3 is 10.6 Å². The molecule has 0 radical (unpaired) electrons. The molecule has 0 spiro atoms. The molecular formula is C26H41N5. The van der Waals surface area contributed by atoms with Crippen molar-refractivity contribution < 1.29 is 0 Å². The van der Waals surface area contributed by atoms with E-state index in [4.69, 9.17) is 4.99 Å². The van der Waals surface area contributed by atoms with Crippen LogP contribution in [-0.4, -0.2) is 48.8 Å². The maximum absolute atomic E-state index is 4.69. The third kappa shape index (κ3) is 8.70. The Bertz CT molecular complexity index is 776. The van der Waals surface area contributed by atoms with Gasteiger partial charge >= 0.3 is 0 Å². The number of aliphatic imine (C=N–C) groups is 2. The zero-order valence-corrected chi connectivity index (χ0v) is 20.0. The van der Waals surface area contributed by atoms with Crippen molar-refractivity contribution in [2.24, 2.45) is 15.9 Å². The number of fused-ring (bicyclic) bond motifs is 1. The number of hydrogen-bond acceptors (Lipinski definition) is 4. The molecule has 0 amide bonds. The molecule has 0 saturated carbocycles. The molecule has 170 valence electrons. The molecule has 0 fully saturated rings. The van der Waals surface area contributed by atoms with Gasteiger partial charge in [-0.2, -0.15) is 0 Å². The van der Waals surface area contributed by atoms with Crippen molar-refractivity contribution in [3.05, 3.63) is 60.3 Å². The quantitative estimate of drug-likeness (QED) is 0.405. The van der Waals surface area contributed by atoms with Gasteiger partial charge in [-0.05, 0) is 49.3 Å². The standard InChI is InChI=1S/C26H41N5/c1-7-25(8-2)30-26(9-3)29-22(6)28-17-21(5)27-16-20(4)18-31-15-14-23-12-10-11-13-24(23)19-31/h9-13,20,25,27H,3,5,7-8,14-19H2,1-2,4,6H3,(H,28,29,30). The number of rotatable bonds is 11. The van der Waals surface area contributed by atoms with Crippen molar-refractivity contribution in [1.29, 1.82) is 0 Å². The Balaban J connectivity index is 1.72. The molecule has 1 unspecified atom stereocenters. The second-order valence-electron chi connectivity index (χ2n) is 8.56. The van der Waals surface area contributed by atoms with Crippen molar-refractivity contribution in [2.75, 3.05) is 26.2 Å². The highest BCUT2D eigenvalue weighted by Gasteiger charge is 2.17. The van der Waals surface area contributed by atoms with E-state index in [1.165, 1.54) is 11.1 Å². The first kappa shape index (κ1) is 24.9. The van der Waals surface area contributed by atoms with Gasteiger partial charge in [-0.15, -0.1) is 0 Å². The molecule has 2 N–H and O–H groups in total. The van der Waals surface area contributed by atoms with E-state index in [0.29, 0.717) is 18.5 Å². The maximum atomic E-state index is 4.69. The van der Waals surface area contributed by atoms with E-state index >= 15 is 0 Å². The molecule has 1 heterocycles. The first-order chi connectivity index (χ1) is 14.9. The maximum Gasteiger partial charge on any atom is 0.125 e. The Morgan fingerprint density at radius 2 is 1.94 bits per heavy atom. The van der Waals surface area contributed by atoms with Gasteiger partial charge in [-0.25, -0.2) is 0 Å². The van der Waals surface area contributed by atoms with Crippen LogP contribution in [0.15, 0.2) is 59.2 Å². The fraction of sp³-hybridized carbons (Fsp3) is 0.538. The predicted octanol–water partition coefficient (Wildman–Crippen LogP) is 4.57. The van der Waals surface area contributed by atoms with Gasteiger partial charge in [0.15, 0.2) is 0 Å². The van der Waals surface area contributed by atoms with E-state index in [1.54, 1.807) is 6.08 Å². The monoisotopic (exact) mass is 423 g/mol. The van der Waals surface area contributed by atoms with Crippen LogP contribution in [0.5, 0.6) is 0 Å². The van der Waals surface area contributed by atoms with Crippen molar-refractivity contribution >= 4 is 11.7 Å². The van der Waals surface area contributed by atoms with Gasteiger partial charge in [0.2, 0.25) is 0 Å². The lowest BCUT2D eigenvalue weighted by atomic mass is 9.99. The summed E-state index contributed by atoms with van der Waals surface area (Å²) in [5.74, 6) is 2.16. The molecule has 1 aromatic rings. The van der Waals surface area contributed by atoms with Crippen LogP contribution in [-0.2, 0) is 13.0 Å². The smallest absolute Gasteiger partial charge is 0.125 e. The highest BCUT2D eigenvalue weighted by atomic mass is 15.1. The molecule has 0 saturated heterocycles. The summed E-state index contributed by atoms with van der Waals surface area (Å²) in [6, 6.07) is 9.12. The first-order valence-corrected chi connectivity index (χ1v) is 11.6. The van der Waals surface area contributed by atoms with Crippen LogP contribution in [0, 0.1) is 5.92 Å². The second kappa shape index (κ2) is 13.1. The zero-order valence-electron chi connectivity index (χ0n) is 20.0. The van der Waals surface area contributed by atoms with Gasteiger partial charge in [0.1, 0.15) is 5.84 Å². The molecule has 1 aliphatic rings. The topological polar surface area (TPSA) is 52.0 Å². The summed E-state index contributed by atoms with van der Waals surface area (Å²) in [6.45, 7) is 21.3. The number of amidine groups is 2. The lowest BCUT2D eigenvalue weighted by molar-refractivity contribution is 0.219. The number of nitrogens with zero attached hydrogens (tertiary/aromatic N) is 3. The van der Waals surface area contributed by atoms with E-state index in [9.17, 15) is 0 Å². The summed E-state index contributed by atoms with van der Waals surface area (Å²) in [4.78, 5) is 11.8. The van der Waals surface area contributed by atoms with Gasteiger partial charge in [0.25, 0.3) is 0 Å². The van der Waals surface area contributed by atoms with Crippen molar-refractivity contribution in [2.45, 2.75) is 59.5 Å². The Labute approximate surface area is 189 Å². The van der Waals surface area contributed by atoms with Crippen molar-refractivity contribution in [3.63, 3.8) is 0 Å². The lowest BCUT2D eigenvalue weighted by Crippen LogP contribution is -2.37. The molecule has 1 aliphatic heterocycles. The Kier molecular flexibility index (Phi) is 10.5. The van der Waals surface area contributed by atoms with E-state index in [2.05, 4.69) is 78.7 Å². The Hall–Kier alpha value is -2.40. The van der Waals surface area contributed by atoms with E-state index in [1.807, 2.05) is 6.92 Å². The van der Waals surface area contributed by atoms with Crippen LogP contribution >= 0.6 is 0 Å². The third-order valence-corrected chi connectivity index (χ3v) is 5.75. The highest BCUT2D eigenvalue weighted by Crippen LogP contribution is 2.19. The molecule has 0 aromatic heterocycles. The summed E-state index contributed by atoms with van der Waals surface area (Å²) >= 11 is 0. The minimum absolute atomic E-state index is 0.319. The molecule has 0 aliphatic carbocycles. The molecule has 1 atom stereocenters. The van der Waals surface area contributed by atoms with Gasteiger partial charge in [0, 0.05) is 31.9 Å². The molecule has 5 nitrogen and oxygen atoms in total. The molecule has 1 aromatic carbocycles. The summed E-state index contributed by atoms with van der Waals surface area (Å²) in [7, 11) is 0. The van der Waals surface area contributed by atoms with Crippen LogP contribution in [0.25, 0.3) is 0 Å². The highest BCUT2D eigenvalue weighted by molar-refractivity contribution is 6.05. The molecule has 0 bridgehead atoms. The molecule has 2 rings (SSSR count). The van der Waals surface area contributed by atoms with Crippen LogP contribution in [0.4, 0.5) is 0 Å². The predicted molar refractivity (Wildman–Crippen MR) is 135 cm³/mol. The SMILES string of the molecule is C=CC(=NC(CC)CC)NC(C)=NCC(=C)NCC(C)CN1CCc2ccccc2C1. The number of hydrogen-bond donors (Lipinski definition) is 2. The zero-order chi connectivity index (χ0) is 22.6. The molecule has 5 heteroatoms. The van der Waals surface area contributed by atoms with E-state index < -0.39 is 0 Å². The summed E-state index contributed by atoms with van der Waals surface area (Å²) in [5.41, 5.74) is 3.92. The fourth-order valence-corrected chi connectivity index (χ4v) is 3.83. The largest absolute Gasteiger partial charge is 0.387 e. The summed E-state index contributed by atoms with van der Waals surface area (Å²) < 4.78 is 0. The minimum atomic E-state index is 0.319.